The van der Waals surface area contributed by atoms with Crippen molar-refractivity contribution in [2.24, 2.45) is 0 Å². The van der Waals surface area contributed by atoms with Crippen molar-refractivity contribution in [1.82, 2.24) is 4.90 Å². The summed E-state index contributed by atoms with van der Waals surface area (Å²) in [6.45, 7) is 1.13. The first-order valence-corrected chi connectivity index (χ1v) is 11.1. The van der Waals surface area contributed by atoms with Crippen LogP contribution in [0.4, 0.5) is 15.8 Å². The maximum absolute atomic E-state index is 14.2. The van der Waals surface area contributed by atoms with Gasteiger partial charge in [-0.3, -0.25) is 14.4 Å². The van der Waals surface area contributed by atoms with Crippen molar-refractivity contribution >= 4 is 40.7 Å². The smallest absolute Gasteiger partial charge is 0.283 e. The molecule has 0 aromatic heterocycles. The van der Waals surface area contributed by atoms with Crippen LogP contribution in [-0.2, 0) is 22.6 Å². The van der Waals surface area contributed by atoms with Gasteiger partial charge in [0, 0.05) is 24.3 Å². The van der Waals surface area contributed by atoms with E-state index in [2.05, 4.69) is 11.4 Å². The lowest BCUT2D eigenvalue weighted by atomic mass is 9.99. The maximum Gasteiger partial charge on any atom is 0.283 e. The van der Waals surface area contributed by atoms with Crippen LogP contribution in [0.2, 0.25) is 0 Å². The number of amides is 3. The monoisotopic (exact) mass is 475 g/mol. The third-order valence-corrected chi connectivity index (χ3v) is 6.27. The predicted octanol–water partition coefficient (Wildman–Crippen LogP) is 4.46. The van der Waals surface area contributed by atoms with Crippen molar-refractivity contribution in [3.8, 4) is 0 Å². The maximum atomic E-state index is 14.2. The molecule has 0 saturated carbocycles. The molecule has 34 heavy (non-hydrogen) atoms. The number of carbonyl (C=O) groups excluding carboxylic acids is 3. The van der Waals surface area contributed by atoms with Gasteiger partial charge in [-0.1, -0.05) is 54.1 Å². The van der Waals surface area contributed by atoms with Gasteiger partial charge < -0.3 is 10.2 Å². The number of nitrogens with one attached hydrogen (secondary N) is 1. The molecular formula is C26H19ClFN3O3. The van der Waals surface area contributed by atoms with Crippen molar-refractivity contribution in [2.75, 3.05) is 16.8 Å². The second-order valence-corrected chi connectivity index (χ2v) is 8.42. The normalized spacial score (nSPS) is 15.6. The molecule has 0 aliphatic carbocycles. The number of nitrogens with zero attached hydrogens (tertiary/aromatic N) is 2. The fraction of sp³-hybridized carbons (Fsp3) is 0.115. The zero-order chi connectivity index (χ0) is 23.8. The van der Waals surface area contributed by atoms with Gasteiger partial charge in [-0.25, -0.2) is 9.29 Å². The van der Waals surface area contributed by atoms with Crippen LogP contribution >= 0.6 is 11.6 Å². The number of fused-ring (bicyclic) bond motifs is 1. The number of benzene rings is 3. The van der Waals surface area contributed by atoms with Crippen molar-refractivity contribution in [2.45, 2.75) is 13.0 Å². The number of para-hydroxylation sites is 1. The fourth-order valence-corrected chi connectivity index (χ4v) is 4.40. The first kappa shape index (κ1) is 21.9. The van der Waals surface area contributed by atoms with Gasteiger partial charge in [0.05, 0.1) is 5.69 Å². The molecule has 0 radical (unpaired) electrons. The van der Waals surface area contributed by atoms with Crippen LogP contribution in [0.15, 0.2) is 83.5 Å². The van der Waals surface area contributed by atoms with Crippen molar-refractivity contribution < 1.29 is 18.8 Å². The van der Waals surface area contributed by atoms with Gasteiger partial charge in [-0.2, -0.15) is 0 Å². The van der Waals surface area contributed by atoms with E-state index < -0.39 is 17.6 Å². The number of rotatable bonds is 4. The van der Waals surface area contributed by atoms with Crippen molar-refractivity contribution in [1.29, 1.82) is 0 Å². The van der Waals surface area contributed by atoms with E-state index in [1.807, 2.05) is 18.2 Å². The summed E-state index contributed by atoms with van der Waals surface area (Å²) in [5.74, 6) is -2.45. The number of anilines is 2. The summed E-state index contributed by atoms with van der Waals surface area (Å²) in [4.78, 5) is 41.1. The molecule has 2 aliphatic heterocycles. The molecule has 3 aromatic rings. The average molecular weight is 476 g/mol. The Morgan fingerprint density at radius 2 is 1.65 bits per heavy atom. The van der Waals surface area contributed by atoms with E-state index in [0.29, 0.717) is 29.2 Å². The SMILES string of the molecule is O=C(c1cccc(NC2=C(Cl)C(=O)N(c3ccccc3F)C2=O)c1)N1CCc2ccccc2C1. The van der Waals surface area contributed by atoms with Crippen LogP contribution < -0.4 is 10.2 Å². The molecule has 0 unspecified atom stereocenters. The Morgan fingerprint density at radius 3 is 2.44 bits per heavy atom. The Hall–Kier alpha value is -3.97. The standard InChI is InChI=1S/C26H19ClFN3O3/c27-22-23(26(34)31(25(22)33)21-11-4-3-10-20(21)28)29-19-9-5-8-17(14-19)24(32)30-13-12-16-6-1-2-7-18(16)15-30/h1-11,14,29H,12-13,15H2. The van der Waals surface area contributed by atoms with Crippen LogP contribution in [0, 0.1) is 5.82 Å². The highest BCUT2D eigenvalue weighted by Crippen LogP contribution is 2.31. The molecule has 0 fully saturated rings. The van der Waals surface area contributed by atoms with Crippen molar-refractivity contribution in [3.05, 3.63) is 106 Å². The third kappa shape index (κ3) is 3.84. The summed E-state index contributed by atoms with van der Waals surface area (Å²) in [5, 5.41) is 2.50. The largest absolute Gasteiger partial charge is 0.350 e. The van der Waals surface area contributed by atoms with Gasteiger partial charge in [-0.15, -0.1) is 0 Å². The Morgan fingerprint density at radius 1 is 0.912 bits per heavy atom. The van der Waals surface area contributed by atoms with E-state index in [-0.39, 0.29) is 22.3 Å². The molecule has 0 spiro atoms. The van der Waals surface area contributed by atoms with E-state index in [1.165, 1.54) is 23.8 Å². The number of hydrogen-bond donors (Lipinski definition) is 1. The van der Waals surface area contributed by atoms with E-state index in [9.17, 15) is 18.8 Å². The lowest BCUT2D eigenvalue weighted by Gasteiger charge is -2.29. The van der Waals surface area contributed by atoms with Gasteiger partial charge in [0.2, 0.25) is 0 Å². The highest BCUT2D eigenvalue weighted by atomic mass is 35.5. The first-order valence-electron chi connectivity index (χ1n) is 10.7. The first-order chi connectivity index (χ1) is 16.4. The highest BCUT2D eigenvalue weighted by molar-refractivity contribution is 6.53. The molecule has 0 atom stereocenters. The minimum absolute atomic E-state index is 0.139. The number of halogens is 2. The molecule has 170 valence electrons. The summed E-state index contributed by atoms with van der Waals surface area (Å²) in [6, 6.07) is 20.1. The predicted molar refractivity (Wildman–Crippen MR) is 127 cm³/mol. The van der Waals surface area contributed by atoms with Gasteiger partial charge in [0.1, 0.15) is 16.5 Å². The number of hydrogen-bond acceptors (Lipinski definition) is 4. The van der Waals surface area contributed by atoms with Crippen LogP contribution in [-0.4, -0.2) is 29.2 Å². The number of imide groups is 1. The van der Waals surface area contributed by atoms with Gasteiger partial charge in [-0.05, 0) is 47.9 Å². The Labute approximate surface area is 200 Å². The zero-order valence-electron chi connectivity index (χ0n) is 17.9. The van der Waals surface area contributed by atoms with E-state index >= 15 is 0 Å². The molecule has 5 rings (SSSR count). The second kappa shape index (κ2) is 8.76. The molecule has 0 bridgehead atoms. The van der Waals surface area contributed by atoms with Crippen LogP contribution in [0.5, 0.6) is 0 Å². The fourth-order valence-electron chi connectivity index (χ4n) is 4.19. The van der Waals surface area contributed by atoms with E-state index in [1.54, 1.807) is 29.2 Å². The molecule has 3 amide bonds. The van der Waals surface area contributed by atoms with E-state index in [0.717, 1.165) is 18.1 Å². The van der Waals surface area contributed by atoms with Crippen LogP contribution in [0.1, 0.15) is 21.5 Å². The molecule has 0 saturated heterocycles. The Kier molecular flexibility index (Phi) is 5.63. The summed E-state index contributed by atoms with van der Waals surface area (Å²) in [7, 11) is 0. The van der Waals surface area contributed by atoms with Crippen molar-refractivity contribution in [3.63, 3.8) is 0 Å². The minimum atomic E-state index is -0.821. The van der Waals surface area contributed by atoms with Gasteiger partial charge in [0.15, 0.2) is 0 Å². The summed E-state index contributed by atoms with van der Waals surface area (Å²) in [5.41, 5.74) is 2.86. The average Bonchev–Trinajstić information content (AvgIpc) is 3.07. The molecule has 1 N–H and O–H groups in total. The summed E-state index contributed by atoms with van der Waals surface area (Å²) < 4.78 is 14.2. The number of carbonyl (C=O) groups is 3. The molecular weight excluding hydrogens is 457 g/mol. The lowest BCUT2D eigenvalue weighted by Crippen LogP contribution is -2.36. The molecule has 8 heteroatoms. The van der Waals surface area contributed by atoms with E-state index in [4.69, 9.17) is 11.6 Å². The minimum Gasteiger partial charge on any atom is -0.350 e. The highest BCUT2D eigenvalue weighted by Gasteiger charge is 2.40. The molecule has 2 aliphatic rings. The molecule has 3 aromatic carbocycles. The quantitative estimate of drug-likeness (QED) is 0.566. The topological polar surface area (TPSA) is 69.7 Å². The Balaban J connectivity index is 1.36. The van der Waals surface area contributed by atoms with Crippen LogP contribution in [0.3, 0.4) is 0 Å². The molecule has 2 heterocycles. The van der Waals surface area contributed by atoms with Gasteiger partial charge >= 0.3 is 0 Å². The second-order valence-electron chi connectivity index (χ2n) is 8.04. The van der Waals surface area contributed by atoms with Gasteiger partial charge in [0.25, 0.3) is 17.7 Å². The van der Waals surface area contributed by atoms with Crippen LogP contribution in [0.25, 0.3) is 0 Å². The third-order valence-electron chi connectivity index (χ3n) is 5.92. The zero-order valence-corrected chi connectivity index (χ0v) is 18.7. The molecule has 6 nitrogen and oxygen atoms in total. The Bertz CT molecular complexity index is 1370. The summed E-state index contributed by atoms with van der Waals surface area (Å²) in [6.07, 6.45) is 0.783. The lowest BCUT2D eigenvalue weighted by molar-refractivity contribution is -0.120. The summed E-state index contributed by atoms with van der Waals surface area (Å²) >= 11 is 6.15.